The number of hydrogen-bond donors (Lipinski definition) is 2. The van der Waals surface area contributed by atoms with Gasteiger partial charge in [-0.1, -0.05) is 6.07 Å². The first kappa shape index (κ1) is 15.5. The molecular formula is C16H22N2O3. The molecule has 5 nitrogen and oxygen atoms in total. The number of amides is 2. The van der Waals surface area contributed by atoms with Crippen molar-refractivity contribution >= 4 is 17.5 Å². The highest BCUT2D eigenvalue weighted by atomic mass is 16.5. The van der Waals surface area contributed by atoms with E-state index in [9.17, 15) is 9.59 Å². The van der Waals surface area contributed by atoms with E-state index in [0.29, 0.717) is 17.9 Å². The van der Waals surface area contributed by atoms with Gasteiger partial charge >= 0.3 is 0 Å². The second-order valence-electron chi connectivity index (χ2n) is 6.28. The lowest BCUT2D eigenvalue weighted by Gasteiger charge is -2.20. The van der Waals surface area contributed by atoms with Crippen LogP contribution in [0.2, 0.25) is 0 Å². The molecular weight excluding hydrogens is 268 g/mol. The number of benzene rings is 1. The highest BCUT2D eigenvalue weighted by molar-refractivity contribution is 5.98. The molecule has 0 radical (unpaired) electrons. The summed E-state index contributed by atoms with van der Waals surface area (Å²) in [5.74, 6) is -0.309. The third-order valence-corrected chi connectivity index (χ3v) is 3.10. The summed E-state index contributed by atoms with van der Waals surface area (Å²) < 4.78 is 5.34. The van der Waals surface area contributed by atoms with Gasteiger partial charge in [0, 0.05) is 23.4 Å². The van der Waals surface area contributed by atoms with Crippen LogP contribution in [0.5, 0.6) is 0 Å². The van der Waals surface area contributed by atoms with E-state index in [2.05, 4.69) is 10.6 Å². The number of carbonyl (C=O) groups excluding carboxylic acids is 2. The lowest BCUT2D eigenvalue weighted by Crippen LogP contribution is -2.40. The van der Waals surface area contributed by atoms with Crippen LogP contribution in [0.25, 0.3) is 0 Å². The molecule has 1 aromatic rings. The Bertz CT molecular complexity index is 529. The van der Waals surface area contributed by atoms with Crippen LogP contribution in [-0.2, 0) is 9.53 Å². The average molecular weight is 290 g/mol. The van der Waals surface area contributed by atoms with Crippen molar-refractivity contribution in [2.24, 2.45) is 0 Å². The Kier molecular flexibility index (Phi) is 4.63. The molecule has 1 saturated heterocycles. The molecule has 1 aliphatic heterocycles. The van der Waals surface area contributed by atoms with Crippen molar-refractivity contribution in [2.45, 2.75) is 45.3 Å². The Morgan fingerprint density at radius 2 is 2.05 bits per heavy atom. The van der Waals surface area contributed by atoms with E-state index in [-0.39, 0.29) is 23.5 Å². The zero-order valence-corrected chi connectivity index (χ0v) is 12.7. The SMILES string of the molecule is CC(C)(C)NC(=O)c1cccc(NC(=O)[C@@H]2CCCO2)c1. The van der Waals surface area contributed by atoms with Crippen molar-refractivity contribution in [1.29, 1.82) is 0 Å². The fourth-order valence-corrected chi connectivity index (χ4v) is 2.16. The Balaban J connectivity index is 2.03. The first-order valence-corrected chi connectivity index (χ1v) is 7.20. The van der Waals surface area contributed by atoms with E-state index in [0.717, 1.165) is 12.8 Å². The molecule has 5 heteroatoms. The van der Waals surface area contributed by atoms with Crippen molar-refractivity contribution in [2.75, 3.05) is 11.9 Å². The second-order valence-corrected chi connectivity index (χ2v) is 6.28. The molecule has 2 amide bonds. The summed E-state index contributed by atoms with van der Waals surface area (Å²) in [6, 6.07) is 6.92. The normalized spacial score (nSPS) is 18.3. The summed E-state index contributed by atoms with van der Waals surface area (Å²) in [6.45, 7) is 6.40. The highest BCUT2D eigenvalue weighted by Crippen LogP contribution is 2.16. The minimum atomic E-state index is -0.378. The van der Waals surface area contributed by atoms with Crippen LogP contribution < -0.4 is 10.6 Å². The van der Waals surface area contributed by atoms with Crippen LogP contribution in [0.15, 0.2) is 24.3 Å². The van der Waals surface area contributed by atoms with Gasteiger partial charge in [-0.25, -0.2) is 0 Å². The molecule has 1 aliphatic rings. The Morgan fingerprint density at radius 1 is 1.29 bits per heavy atom. The molecule has 0 spiro atoms. The summed E-state index contributed by atoms with van der Waals surface area (Å²) >= 11 is 0. The molecule has 2 rings (SSSR count). The lowest BCUT2D eigenvalue weighted by atomic mass is 10.1. The fraction of sp³-hybridized carbons (Fsp3) is 0.500. The number of ether oxygens (including phenoxy) is 1. The Hall–Kier alpha value is -1.88. The Morgan fingerprint density at radius 3 is 2.67 bits per heavy atom. The lowest BCUT2D eigenvalue weighted by molar-refractivity contribution is -0.124. The van der Waals surface area contributed by atoms with Crippen LogP contribution in [0.3, 0.4) is 0 Å². The van der Waals surface area contributed by atoms with E-state index in [1.54, 1.807) is 24.3 Å². The van der Waals surface area contributed by atoms with Gasteiger partial charge in [0.15, 0.2) is 0 Å². The summed E-state index contributed by atoms with van der Waals surface area (Å²) in [4.78, 5) is 24.1. The first-order valence-electron chi connectivity index (χ1n) is 7.20. The zero-order valence-electron chi connectivity index (χ0n) is 12.7. The molecule has 0 aromatic heterocycles. The van der Waals surface area contributed by atoms with E-state index in [4.69, 9.17) is 4.74 Å². The minimum absolute atomic E-state index is 0.152. The topological polar surface area (TPSA) is 67.4 Å². The number of nitrogens with one attached hydrogen (secondary N) is 2. The molecule has 0 saturated carbocycles. The molecule has 114 valence electrons. The number of rotatable bonds is 3. The first-order chi connectivity index (χ1) is 9.85. The summed E-state index contributed by atoms with van der Waals surface area (Å²) in [6.07, 6.45) is 1.28. The molecule has 2 N–H and O–H groups in total. The fourth-order valence-electron chi connectivity index (χ4n) is 2.16. The van der Waals surface area contributed by atoms with Gasteiger partial charge in [0.05, 0.1) is 0 Å². The van der Waals surface area contributed by atoms with E-state index < -0.39 is 0 Å². The van der Waals surface area contributed by atoms with E-state index >= 15 is 0 Å². The summed E-state index contributed by atoms with van der Waals surface area (Å²) in [7, 11) is 0. The van der Waals surface area contributed by atoms with Crippen molar-refractivity contribution in [1.82, 2.24) is 5.32 Å². The number of anilines is 1. The van der Waals surface area contributed by atoms with Crippen LogP contribution in [0.1, 0.15) is 44.0 Å². The van der Waals surface area contributed by atoms with Gasteiger partial charge in [0.2, 0.25) is 0 Å². The predicted octanol–water partition coefficient (Wildman–Crippen LogP) is 2.33. The largest absolute Gasteiger partial charge is 0.368 e. The monoisotopic (exact) mass is 290 g/mol. The van der Waals surface area contributed by atoms with Crippen LogP contribution >= 0.6 is 0 Å². The van der Waals surface area contributed by atoms with Gasteiger partial charge in [0.1, 0.15) is 6.10 Å². The van der Waals surface area contributed by atoms with Gasteiger partial charge < -0.3 is 15.4 Å². The molecule has 0 unspecified atom stereocenters. The second kappa shape index (κ2) is 6.26. The maximum Gasteiger partial charge on any atom is 0.253 e. The Labute approximate surface area is 125 Å². The molecule has 1 fully saturated rings. The van der Waals surface area contributed by atoms with Gasteiger partial charge in [-0.15, -0.1) is 0 Å². The van der Waals surface area contributed by atoms with Crippen molar-refractivity contribution < 1.29 is 14.3 Å². The summed E-state index contributed by atoms with van der Waals surface area (Å²) in [5, 5.41) is 5.69. The smallest absolute Gasteiger partial charge is 0.253 e. The van der Waals surface area contributed by atoms with Crippen LogP contribution in [0.4, 0.5) is 5.69 Å². The van der Waals surface area contributed by atoms with Crippen LogP contribution in [-0.4, -0.2) is 30.1 Å². The molecule has 0 bridgehead atoms. The standard InChI is InChI=1S/C16H22N2O3/c1-16(2,3)18-14(19)11-6-4-7-12(10-11)17-15(20)13-8-5-9-21-13/h4,6-7,10,13H,5,8-9H2,1-3H3,(H,17,20)(H,18,19)/t13-/m0/s1. The number of hydrogen-bond acceptors (Lipinski definition) is 3. The molecule has 1 heterocycles. The average Bonchev–Trinajstić information content (AvgIpc) is 2.91. The molecule has 0 aliphatic carbocycles. The molecule has 1 atom stereocenters. The minimum Gasteiger partial charge on any atom is -0.368 e. The van der Waals surface area contributed by atoms with Gasteiger partial charge in [-0.3, -0.25) is 9.59 Å². The number of carbonyl (C=O) groups is 2. The third-order valence-electron chi connectivity index (χ3n) is 3.10. The van der Waals surface area contributed by atoms with Crippen LogP contribution in [0, 0.1) is 0 Å². The van der Waals surface area contributed by atoms with Crippen molar-refractivity contribution in [3.8, 4) is 0 Å². The molecule has 1 aromatic carbocycles. The predicted molar refractivity (Wildman–Crippen MR) is 81.3 cm³/mol. The maximum atomic E-state index is 12.1. The zero-order chi connectivity index (χ0) is 15.5. The van der Waals surface area contributed by atoms with E-state index in [1.807, 2.05) is 20.8 Å². The quantitative estimate of drug-likeness (QED) is 0.898. The van der Waals surface area contributed by atoms with Gasteiger partial charge in [-0.05, 0) is 51.8 Å². The third kappa shape index (κ3) is 4.56. The summed E-state index contributed by atoms with van der Waals surface area (Å²) in [5.41, 5.74) is 0.834. The van der Waals surface area contributed by atoms with Gasteiger partial charge in [0.25, 0.3) is 11.8 Å². The van der Waals surface area contributed by atoms with Crippen molar-refractivity contribution in [3.05, 3.63) is 29.8 Å². The van der Waals surface area contributed by atoms with Gasteiger partial charge in [-0.2, -0.15) is 0 Å². The highest BCUT2D eigenvalue weighted by Gasteiger charge is 2.23. The maximum absolute atomic E-state index is 12.1. The molecule has 21 heavy (non-hydrogen) atoms. The van der Waals surface area contributed by atoms with Crippen molar-refractivity contribution in [3.63, 3.8) is 0 Å². The van der Waals surface area contributed by atoms with E-state index in [1.165, 1.54) is 0 Å².